The number of aromatic nitrogens is 2. The molecule has 8 nitrogen and oxygen atoms in total. The number of hydrogen-bond acceptors (Lipinski definition) is 6. The average molecular weight is 450 g/mol. The average Bonchev–Trinajstić information content (AvgIpc) is 3.24. The van der Waals surface area contributed by atoms with Crippen LogP contribution in [0.15, 0.2) is 47.4 Å². The van der Waals surface area contributed by atoms with Gasteiger partial charge in [-0.2, -0.15) is 13.1 Å². The molecule has 1 aromatic heterocycles. The van der Waals surface area contributed by atoms with Crippen molar-refractivity contribution in [3.8, 4) is 0 Å². The Hall–Kier alpha value is -2.63. The first-order valence-electron chi connectivity index (χ1n) is 9.44. The van der Waals surface area contributed by atoms with Gasteiger partial charge in [0.15, 0.2) is 0 Å². The van der Waals surface area contributed by atoms with Crippen molar-refractivity contribution in [2.24, 2.45) is 0 Å². The van der Waals surface area contributed by atoms with Crippen molar-refractivity contribution in [2.75, 3.05) is 32.7 Å². The molecule has 2 aromatic carbocycles. The molecule has 1 fully saturated rings. The third-order valence-electron chi connectivity index (χ3n) is 5.00. The molecule has 0 atom stereocenters. The number of piperazine rings is 1. The predicted molar refractivity (Wildman–Crippen MR) is 111 cm³/mol. The number of benzene rings is 2. The Morgan fingerprint density at radius 2 is 1.80 bits per heavy atom. The summed E-state index contributed by atoms with van der Waals surface area (Å²) in [5, 5.41) is 2.83. The monoisotopic (exact) mass is 449 g/mol. The van der Waals surface area contributed by atoms with Crippen LogP contribution in [-0.2, 0) is 16.4 Å². The Morgan fingerprint density at radius 1 is 1.07 bits per heavy atom. The first-order valence-corrected chi connectivity index (χ1v) is 11.6. The predicted octanol–water partition coefficient (Wildman–Crippen LogP) is 2.09. The maximum atomic E-state index is 13.0. The largest absolute Gasteiger partial charge is 0.338 e. The molecule has 2 heterocycles. The minimum Gasteiger partial charge on any atom is -0.338 e. The van der Waals surface area contributed by atoms with Gasteiger partial charge in [-0.25, -0.2) is 17.6 Å². The highest BCUT2D eigenvalue weighted by molar-refractivity contribution is 7.89. The van der Waals surface area contributed by atoms with Gasteiger partial charge in [-0.05, 0) is 36.2 Å². The summed E-state index contributed by atoms with van der Waals surface area (Å²) in [7, 11) is -3.72. The van der Waals surface area contributed by atoms with Crippen molar-refractivity contribution in [3.63, 3.8) is 0 Å². The summed E-state index contributed by atoms with van der Waals surface area (Å²) in [4.78, 5) is 14.1. The minimum atomic E-state index is -3.72. The normalized spacial score (nSPS) is 15.4. The van der Waals surface area contributed by atoms with Gasteiger partial charge in [-0.1, -0.05) is 18.2 Å². The van der Waals surface area contributed by atoms with Crippen LogP contribution < -0.4 is 5.32 Å². The zero-order chi connectivity index (χ0) is 21.1. The van der Waals surface area contributed by atoms with Gasteiger partial charge >= 0.3 is 6.03 Å². The summed E-state index contributed by atoms with van der Waals surface area (Å²) in [6, 6.07) is 10.8. The van der Waals surface area contributed by atoms with Gasteiger partial charge in [0.05, 0.1) is 11.7 Å². The van der Waals surface area contributed by atoms with Crippen LogP contribution in [-0.4, -0.2) is 65.1 Å². The lowest BCUT2D eigenvalue weighted by Gasteiger charge is -2.34. The van der Waals surface area contributed by atoms with Gasteiger partial charge in [0.2, 0.25) is 10.0 Å². The summed E-state index contributed by atoms with van der Waals surface area (Å²) >= 11 is 0.978. The first kappa shape index (κ1) is 20.6. The Morgan fingerprint density at radius 3 is 2.53 bits per heavy atom. The van der Waals surface area contributed by atoms with Crippen LogP contribution in [0.2, 0.25) is 0 Å². The first-order chi connectivity index (χ1) is 14.4. The molecule has 0 unspecified atom stereocenters. The van der Waals surface area contributed by atoms with E-state index in [0.29, 0.717) is 37.1 Å². The van der Waals surface area contributed by atoms with E-state index in [1.54, 1.807) is 29.2 Å². The highest BCUT2D eigenvalue weighted by atomic mass is 32.2. The van der Waals surface area contributed by atoms with E-state index >= 15 is 0 Å². The fourth-order valence-corrected chi connectivity index (χ4v) is 5.51. The number of nitrogens with one attached hydrogen (secondary N) is 1. The van der Waals surface area contributed by atoms with Gasteiger partial charge < -0.3 is 10.2 Å². The Balaban J connectivity index is 1.32. The number of carbonyl (C=O) groups excluding carboxylic acids is 1. The Kier molecular flexibility index (Phi) is 5.93. The number of carbonyl (C=O) groups is 1. The molecular weight excluding hydrogens is 429 g/mol. The Bertz CT molecular complexity index is 1140. The number of nitrogens with zero attached hydrogens (tertiary/aromatic N) is 4. The molecule has 1 saturated heterocycles. The number of halogens is 1. The SMILES string of the molecule is O=C(NCCc1ccc(F)cc1)N1CCN(S(=O)(=O)c2cccc3nsnc23)CC1. The lowest BCUT2D eigenvalue weighted by atomic mass is 10.1. The number of rotatable bonds is 5. The maximum Gasteiger partial charge on any atom is 0.317 e. The highest BCUT2D eigenvalue weighted by Crippen LogP contribution is 2.25. The van der Waals surface area contributed by atoms with E-state index in [2.05, 4.69) is 14.1 Å². The molecule has 3 aromatic rings. The highest BCUT2D eigenvalue weighted by Gasteiger charge is 2.31. The molecule has 0 bridgehead atoms. The number of urea groups is 1. The molecule has 2 amide bonds. The van der Waals surface area contributed by atoms with Gasteiger partial charge in [-0.3, -0.25) is 0 Å². The second kappa shape index (κ2) is 8.62. The zero-order valence-corrected chi connectivity index (χ0v) is 17.6. The van der Waals surface area contributed by atoms with Gasteiger partial charge in [-0.15, -0.1) is 0 Å². The lowest BCUT2D eigenvalue weighted by molar-refractivity contribution is 0.172. The van der Waals surface area contributed by atoms with E-state index in [0.717, 1.165) is 17.3 Å². The van der Waals surface area contributed by atoms with Crippen LogP contribution in [0.3, 0.4) is 0 Å². The molecule has 1 aliphatic rings. The molecule has 0 aliphatic carbocycles. The third kappa shape index (κ3) is 4.27. The quantitative estimate of drug-likeness (QED) is 0.644. The minimum absolute atomic E-state index is 0.144. The number of fused-ring (bicyclic) bond motifs is 1. The zero-order valence-electron chi connectivity index (χ0n) is 16.0. The summed E-state index contributed by atoms with van der Waals surface area (Å²) in [6.45, 7) is 1.44. The molecule has 0 spiro atoms. The van der Waals surface area contributed by atoms with Crippen LogP contribution >= 0.6 is 11.7 Å². The molecule has 1 aliphatic heterocycles. The number of sulfonamides is 1. The molecule has 1 N–H and O–H groups in total. The summed E-state index contributed by atoms with van der Waals surface area (Å²) in [5.74, 6) is -0.294. The molecule has 0 saturated carbocycles. The second-order valence-corrected chi connectivity index (χ2v) is 9.32. The number of amides is 2. The van der Waals surface area contributed by atoms with Crippen LogP contribution in [0.5, 0.6) is 0 Å². The van der Waals surface area contributed by atoms with Gasteiger partial charge in [0, 0.05) is 32.7 Å². The van der Waals surface area contributed by atoms with E-state index in [4.69, 9.17) is 0 Å². The van der Waals surface area contributed by atoms with Crippen molar-refractivity contribution < 1.29 is 17.6 Å². The van der Waals surface area contributed by atoms with E-state index < -0.39 is 10.0 Å². The van der Waals surface area contributed by atoms with Crippen molar-refractivity contribution >= 4 is 38.8 Å². The van der Waals surface area contributed by atoms with Gasteiger partial charge in [0.1, 0.15) is 21.7 Å². The van der Waals surface area contributed by atoms with E-state index in [1.165, 1.54) is 22.5 Å². The summed E-state index contributed by atoms with van der Waals surface area (Å²) in [6.07, 6.45) is 0.589. The van der Waals surface area contributed by atoms with Crippen LogP contribution in [0.4, 0.5) is 9.18 Å². The van der Waals surface area contributed by atoms with Crippen LogP contribution in [0.25, 0.3) is 11.0 Å². The smallest absolute Gasteiger partial charge is 0.317 e. The topological polar surface area (TPSA) is 95.5 Å². The summed E-state index contributed by atoms with van der Waals surface area (Å²) in [5.41, 5.74) is 1.86. The van der Waals surface area contributed by atoms with Crippen molar-refractivity contribution in [1.29, 1.82) is 0 Å². The van der Waals surface area contributed by atoms with Crippen molar-refractivity contribution in [1.82, 2.24) is 23.3 Å². The number of hydrogen-bond donors (Lipinski definition) is 1. The van der Waals surface area contributed by atoms with Crippen LogP contribution in [0, 0.1) is 5.82 Å². The molecule has 4 rings (SSSR count). The van der Waals surface area contributed by atoms with E-state index in [-0.39, 0.29) is 29.8 Å². The Labute approximate surface area is 177 Å². The molecule has 0 radical (unpaired) electrons. The van der Waals surface area contributed by atoms with Crippen molar-refractivity contribution in [3.05, 3.63) is 53.8 Å². The van der Waals surface area contributed by atoms with Crippen LogP contribution in [0.1, 0.15) is 5.56 Å². The van der Waals surface area contributed by atoms with Crippen molar-refractivity contribution in [2.45, 2.75) is 11.3 Å². The second-order valence-electron chi connectivity index (χ2n) is 6.89. The van der Waals surface area contributed by atoms with Gasteiger partial charge in [0.25, 0.3) is 0 Å². The lowest BCUT2D eigenvalue weighted by Crippen LogP contribution is -2.53. The summed E-state index contributed by atoms with van der Waals surface area (Å²) < 4.78 is 48.6. The molecular formula is C19H20FN5O3S2. The molecule has 11 heteroatoms. The van der Waals surface area contributed by atoms with E-state index in [9.17, 15) is 17.6 Å². The molecule has 30 heavy (non-hydrogen) atoms. The fraction of sp³-hybridized carbons (Fsp3) is 0.316. The standard InChI is InChI=1S/C19H20FN5O3S2/c20-15-6-4-14(5-7-15)8-9-21-19(26)24-10-12-25(13-11-24)30(27,28)17-3-1-2-16-18(17)23-29-22-16/h1-7H,8-13H2,(H,21,26). The molecule has 158 valence electrons. The van der Waals surface area contributed by atoms with E-state index in [1.807, 2.05) is 0 Å². The fourth-order valence-electron chi connectivity index (χ4n) is 3.34. The third-order valence-corrected chi connectivity index (χ3v) is 7.47. The maximum absolute atomic E-state index is 13.0.